The van der Waals surface area contributed by atoms with Crippen LogP contribution in [0.15, 0.2) is 47.3 Å². The number of pyridine rings is 1. The van der Waals surface area contributed by atoms with Crippen LogP contribution in [0, 0.1) is 0 Å². The number of para-hydroxylation sites is 1. The van der Waals surface area contributed by atoms with Crippen molar-refractivity contribution >= 4 is 22.5 Å². The molecule has 6 heteroatoms. The first-order valence-corrected chi connectivity index (χ1v) is 8.32. The highest BCUT2D eigenvalue weighted by Crippen LogP contribution is 2.33. The Balaban J connectivity index is 1.84. The summed E-state index contributed by atoms with van der Waals surface area (Å²) >= 11 is 0. The smallest absolute Gasteiger partial charge is 0.267 e. The molecule has 26 heavy (non-hydrogen) atoms. The molecule has 1 amide bonds. The van der Waals surface area contributed by atoms with E-state index in [1.54, 1.807) is 49.1 Å². The predicted molar refractivity (Wildman–Crippen MR) is 99.3 cm³/mol. The molecule has 0 saturated carbocycles. The Hall–Kier alpha value is -3.28. The number of carbonyl (C=O) groups is 1. The molecule has 1 aromatic heterocycles. The van der Waals surface area contributed by atoms with Crippen molar-refractivity contribution in [2.24, 2.45) is 0 Å². The Morgan fingerprint density at radius 2 is 1.92 bits per heavy atom. The largest absolute Gasteiger partial charge is 0.506 e. The first-order chi connectivity index (χ1) is 12.5. The zero-order valence-electron chi connectivity index (χ0n) is 14.5. The van der Waals surface area contributed by atoms with Crippen LogP contribution in [0.2, 0.25) is 0 Å². The number of benzene rings is 2. The second kappa shape index (κ2) is 5.91. The van der Waals surface area contributed by atoms with E-state index in [4.69, 9.17) is 4.74 Å². The van der Waals surface area contributed by atoms with Gasteiger partial charge in [-0.25, -0.2) is 0 Å². The van der Waals surface area contributed by atoms with Gasteiger partial charge < -0.3 is 19.3 Å². The van der Waals surface area contributed by atoms with Gasteiger partial charge in [-0.15, -0.1) is 0 Å². The topological polar surface area (TPSA) is 71.8 Å². The quantitative estimate of drug-likeness (QED) is 0.788. The second-order valence-electron chi connectivity index (χ2n) is 6.31. The molecule has 0 unspecified atom stereocenters. The summed E-state index contributed by atoms with van der Waals surface area (Å²) in [5.74, 6) is -0.125. The lowest BCUT2D eigenvalue weighted by molar-refractivity contribution is 0.0988. The maximum atomic E-state index is 13.0. The molecule has 0 aliphatic carbocycles. The molecule has 0 bridgehead atoms. The number of hydrogen-bond donors (Lipinski definition) is 1. The molecular weight excluding hydrogens is 332 g/mol. The third kappa shape index (κ3) is 2.26. The Bertz CT molecular complexity index is 1080. The molecule has 1 aliphatic heterocycles. The van der Waals surface area contributed by atoms with Crippen LogP contribution in [-0.2, 0) is 13.0 Å². The van der Waals surface area contributed by atoms with Gasteiger partial charge in [0.2, 0.25) is 0 Å². The minimum absolute atomic E-state index is 0.199. The Labute approximate surface area is 149 Å². The number of aryl methyl sites for hydroxylation is 2. The molecule has 4 rings (SSSR count). The van der Waals surface area contributed by atoms with Gasteiger partial charge >= 0.3 is 0 Å². The Kier molecular flexibility index (Phi) is 3.68. The van der Waals surface area contributed by atoms with Crippen LogP contribution in [0.25, 0.3) is 10.9 Å². The van der Waals surface area contributed by atoms with Gasteiger partial charge in [-0.2, -0.15) is 0 Å². The zero-order chi connectivity index (χ0) is 18.4. The van der Waals surface area contributed by atoms with E-state index in [1.807, 2.05) is 12.1 Å². The van der Waals surface area contributed by atoms with E-state index in [-0.39, 0.29) is 11.3 Å². The van der Waals surface area contributed by atoms with Gasteiger partial charge in [0.05, 0.1) is 12.6 Å². The summed E-state index contributed by atoms with van der Waals surface area (Å²) in [6.07, 6.45) is 0.720. The number of nitrogens with zero attached hydrogens (tertiary/aromatic N) is 2. The standard InChI is InChI=1S/C20H18N2O4/c1-21(13-6-8-14(26-2)9-7-13)19(24)16-18(23)15-5-3-4-12-10-11-22(17(12)15)20(16)25/h3-9,23H,10-11H2,1-2H3. The van der Waals surface area contributed by atoms with Crippen LogP contribution in [0.3, 0.4) is 0 Å². The van der Waals surface area contributed by atoms with Crippen molar-refractivity contribution < 1.29 is 14.6 Å². The summed E-state index contributed by atoms with van der Waals surface area (Å²) < 4.78 is 6.70. The van der Waals surface area contributed by atoms with Gasteiger partial charge in [0, 0.05) is 24.7 Å². The summed E-state index contributed by atoms with van der Waals surface area (Å²) in [5, 5.41) is 11.2. The van der Waals surface area contributed by atoms with E-state index in [9.17, 15) is 14.7 Å². The lowest BCUT2D eigenvalue weighted by Gasteiger charge is -2.19. The van der Waals surface area contributed by atoms with E-state index in [2.05, 4.69) is 0 Å². The number of ether oxygens (including phenoxy) is 1. The van der Waals surface area contributed by atoms with Crippen LogP contribution < -0.4 is 15.2 Å². The highest BCUT2D eigenvalue weighted by Gasteiger charge is 2.28. The van der Waals surface area contributed by atoms with Crippen molar-refractivity contribution in [3.8, 4) is 11.5 Å². The SMILES string of the molecule is COc1ccc(N(C)C(=O)c2c(O)c3cccc4c3n(c2=O)CC4)cc1. The van der Waals surface area contributed by atoms with Crippen molar-refractivity contribution in [2.45, 2.75) is 13.0 Å². The normalized spacial score (nSPS) is 12.4. The maximum absolute atomic E-state index is 13.0. The van der Waals surface area contributed by atoms with Gasteiger partial charge in [-0.3, -0.25) is 9.59 Å². The number of hydrogen-bond acceptors (Lipinski definition) is 4. The summed E-state index contributed by atoms with van der Waals surface area (Å²) in [7, 11) is 3.14. The monoisotopic (exact) mass is 350 g/mol. The van der Waals surface area contributed by atoms with Crippen molar-refractivity contribution in [2.75, 3.05) is 19.1 Å². The molecule has 132 valence electrons. The van der Waals surface area contributed by atoms with E-state index in [1.165, 1.54) is 4.90 Å². The zero-order valence-corrected chi connectivity index (χ0v) is 14.5. The number of anilines is 1. The van der Waals surface area contributed by atoms with Gasteiger partial charge in [-0.05, 0) is 42.3 Å². The molecule has 3 aromatic rings. The van der Waals surface area contributed by atoms with E-state index >= 15 is 0 Å². The second-order valence-corrected chi connectivity index (χ2v) is 6.31. The number of rotatable bonds is 3. The number of methoxy groups -OCH3 is 1. The highest BCUT2D eigenvalue weighted by atomic mass is 16.5. The Morgan fingerprint density at radius 3 is 2.62 bits per heavy atom. The third-order valence-electron chi connectivity index (χ3n) is 4.92. The van der Waals surface area contributed by atoms with E-state index < -0.39 is 11.5 Å². The van der Waals surface area contributed by atoms with Crippen molar-refractivity contribution in [3.63, 3.8) is 0 Å². The minimum Gasteiger partial charge on any atom is -0.506 e. The third-order valence-corrected chi connectivity index (χ3v) is 4.92. The van der Waals surface area contributed by atoms with Gasteiger partial charge in [-0.1, -0.05) is 12.1 Å². The van der Waals surface area contributed by atoms with Gasteiger partial charge in [0.15, 0.2) is 0 Å². The maximum Gasteiger partial charge on any atom is 0.267 e. The fraction of sp³-hybridized carbons (Fsp3) is 0.200. The first-order valence-electron chi connectivity index (χ1n) is 8.32. The van der Waals surface area contributed by atoms with E-state index in [0.717, 1.165) is 17.5 Å². The molecule has 1 aliphatic rings. The van der Waals surface area contributed by atoms with Crippen LogP contribution >= 0.6 is 0 Å². The van der Waals surface area contributed by atoms with Crippen LogP contribution in [0.1, 0.15) is 15.9 Å². The average molecular weight is 350 g/mol. The number of amides is 1. The highest BCUT2D eigenvalue weighted by molar-refractivity contribution is 6.10. The molecule has 0 spiro atoms. The molecule has 0 fully saturated rings. The molecule has 1 N–H and O–H groups in total. The minimum atomic E-state index is -0.541. The fourth-order valence-corrected chi connectivity index (χ4v) is 3.50. The van der Waals surface area contributed by atoms with Crippen molar-refractivity contribution in [3.05, 3.63) is 63.9 Å². The van der Waals surface area contributed by atoms with Crippen molar-refractivity contribution in [1.29, 1.82) is 0 Å². The molecular formula is C20H18N2O4. The molecule has 0 radical (unpaired) electrons. The lowest BCUT2D eigenvalue weighted by atomic mass is 10.1. The average Bonchev–Trinajstić information content (AvgIpc) is 3.11. The van der Waals surface area contributed by atoms with Crippen LogP contribution in [-0.4, -0.2) is 29.7 Å². The number of aromatic hydroxyl groups is 1. The number of aromatic nitrogens is 1. The van der Waals surface area contributed by atoms with Gasteiger partial charge in [0.25, 0.3) is 11.5 Å². The molecule has 0 saturated heterocycles. The molecule has 6 nitrogen and oxygen atoms in total. The molecule has 2 aromatic carbocycles. The van der Waals surface area contributed by atoms with Gasteiger partial charge in [0.1, 0.15) is 17.1 Å². The number of carbonyl (C=O) groups excluding carboxylic acids is 1. The lowest BCUT2D eigenvalue weighted by Crippen LogP contribution is -2.34. The summed E-state index contributed by atoms with van der Waals surface area (Å²) in [6.45, 7) is 0.515. The summed E-state index contributed by atoms with van der Waals surface area (Å²) in [6, 6.07) is 12.4. The van der Waals surface area contributed by atoms with E-state index in [0.29, 0.717) is 23.4 Å². The molecule has 0 atom stereocenters. The van der Waals surface area contributed by atoms with Crippen molar-refractivity contribution in [1.82, 2.24) is 4.57 Å². The summed E-state index contributed by atoms with van der Waals surface area (Å²) in [4.78, 5) is 27.2. The first kappa shape index (κ1) is 16.2. The Morgan fingerprint density at radius 1 is 1.19 bits per heavy atom. The summed E-state index contributed by atoms with van der Waals surface area (Å²) in [5.41, 5.74) is 1.68. The predicted octanol–water partition coefficient (Wildman–Crippen LogP) is 2.55. The fourth-order valence-electron chi connectivity index (χ4n) is 3.50. The molecule has 2 heterocycles. The van der Waals surface area contributed by atoms with Crippen LogP contribution in [0.5, 0.6) is 11.5 Å². The van der Waals surface area contributed by atoms with Crippen LogP contribution in [0.4, 0.5) is 5.69 Å².